The molecule has 4 heteroatoms. The Kier molecular flexibility index (Phi) is 2.79. The summed E-state index contributed by atoms with van der Waals surface area (Å²) in [5, 5.41) is 8.46. The van der Waals surface area contributed by atoms with Crippen LogP contribution in [0.4, 0.5) is 0 Å². The van der Waals surface area contributed by atoms with Gasteiger partial charge in [-0.15, -0.1) is 0 Å². The van der Waals surface area contributed by atoms with Gasteiger partial charge < -0.3 is 0 Å². The summed E-state index contributed by atoms with van der Waals surface area (Å²) < 4.78 is 0.863. The molecule has 0 N–H and O–H groups in total. The monoisotopic (exact) mass is 268 g/mol. The van der Waals surface area contributed by atoms with E-state index < -0.39 is 0 Å². The van der Waals surface area contributed by atoms with Gasteiger partial charge in [0, 0.05) is 16.2 Å². The summed E-state index contributed by atoms with van der Waals surface area (Å²) in [5.74, 6) is 0. The van der Waals surface area contributed by atoms with Crippen molar-refractivity contribution in [1.82, 2.24) is 10.2 Å². The zero-order valence-corrected chi connectivity index (χ0v) is 9.46. The summed E-state index contributed by atoms with van der Waals surface area (Å²) in [6, 6.07) is 9.43. The van der Waals surface area contributed by atoms with Crippen LogP contribution in [0.2, 0.25) is 5.02 Å². The van der Waals surface area contributed by atoms with E-state index >= 15 is 0 Å². The minimum absolute atomic E-state index is 0.660. The minimum atomic E-state index is 0.660. The van der Waals surface area contributed by atoms with Gasteiger partial charge in [0.05, 0.1) is 10.7 Å². The smallest absolute Gasteiger partial charge is 0.0945 e. The van der Waals surface area contributed by atoms with Gasteiger partial charge >= 0.3 is 0 Å². The van der Waals surface area contributed by atoms with Crippen LogP contribution in [0.25, 0.3) is 11.3 Å². The average molecular weight is 270 g/mol. The Labute approximate surface area is 95.1 Å². The van der Waals surface area contributed by atoms with E-state index in [-0.39, 0.29) is 0 Å². The normalized spacial score (nSPS) is 10.1. The van der Waals surface area contributed by atoms with Gasteiger partial charge in [0.15, 0.2) is 0 Å². The van der Waals surface area contributed by atoms with E-state index in [9.17, 15) is 0 Å². The molecular formula is C10H6BrClN2. The fourth-order valence-electron chi connectivity index (χ4n) is 1.15. The summed E-state index contributed by atoms with van der Waals surface area (Å²) in [5.41, 5.74) is 1.66. The van der Waals surface area contributed by atoms with Gasteiger partial charge in [-0.05, 0) is 34.1 Å². The van der Waals surface area contributed by atoms with Crippen LogP contribution in [0.1, 0.15) is 0 Å². The van der Waals surface area contributed by atoms with Crippen LogP contribution < -0.4 is 0 Å². The first-order valence-corrected chi connectivity index (χ1v) is 5.18. The van der Waals surface area contributed by atoms with E-state index in [4.69, 9.17) is 11.6 Å². The van der Waals surface area contributed by atoms with Crippen molar-refractivity contribution in [2.45, 2.75) is 0 Å². The predicted octanol–water partition coefficient (Wildman–Crippen LogP) is 3.56. The molecule has 2 aromatic rings. The van der Waals surface area contributed by atoms with Crippen LogP contribution in [0.15, 0.2) is 41.0 Å². The molecule has 1 aromatic heterocycles. The Bertz CT molecular complexity index is 445. The van der Waals surface area contributed by atoms with Crippen molar-refractivity contribution in [3.8, 4) is 11.3 Å². The maximum Gasteiger partial charge on any atom is 0.0945 e. The highest BCUT2D eigenvalue weighted by atomic mass is 79.9. The number of aromatic nitrogens is 2. The van der Waals surface area contributed by atoms with Crippen molar-refractivity contribution in [3.05, 3.63) is 46.0 Å². The Morgan fingerprint density at radius 1 is 1.14 bits per heavy atom. The SMILES string of the molecule is Clc1c(Br)cccc1-c1cccnn1. The zero-order valence-electron chi connectivity index (χ0n) is 7.11. The lowest BCUT2D eigenvalue weighted by atomic mass is 10.1. The van der Waals surface area contributed by atoms with E-state index in [1.807, 2.05) is 30.3 Å². The molecule has 0 spiro atoms. The molecule has 0 atom stereocenters. The van der Waals surface area contributed by atoms with Gasteiger partial charge in [-0.1, -0.05) is 23.7 Å². The van der Waals surface area contributed by atoms with E-state index in [0.717, 1.165) is 15.7 Å². The maximum absolute atomic E-state index is 6.11. The standard InChI is InChI=1S/C10H6BrClN2/c11-8-4-1-3-7(10(8)12)9-5-2-6-13-14-9/h1-6H. The molecule has 0 aliphatic rings. The highest BCUT2D eigenvalue weighted by molar-refractivity contribution is 9.10. The molecule has 14 heavy (non-hydrogen) atoms. The Balaban J connectivity index is 2.58. The van der Waals surface area contributed by atoms with E-state index in [1.165, 1.54) is 0 Å². The summed E-state index contributed by atoms with van der Waals surface area (Å²) in [4.78, 5) is 0. The highest BCUT2D eigenvalue weighted by Crippen LogP contribution is 2.31. The topological polar surface area (TPSA) is 25.8 Å². The Hall–Kier alpha value is -0.930. The molecule has 1 heterocycles. The largest absolute Gasteiger partial charge is 0.159 e. The fraction of sp³-hybridized carbons (Fsp3) is 0. The number of benzene rings is 1. The van der Waals surface area contributed by atoms with Crippen molar-refractivity contribution in [3.63, 3.8) is 0 Å². The summed E-state index contributed by atoms with van der Waals surface area (Å²) in [7, 11) is 0. The second-order valence-corrected chi connectivity index (χ2v) is 3.94. The summed E-state index contributed by atoms with van der Waals surface area (Å²) in [6.45, 7) is 0. The first-order chi connectivity index (χ1) is 6.79. The Morgan fingerprint density at radius 3 is 2.71 bits per heavy atom. The third-order valence-electron chi connectivity index (χ3n) is 1.80. The Morgan fingerprint density at radius 2 is 2.00 bits per heavy atom. The zero-order chi connectivity index (χ0) is 9.97. The molecule has 0 aliphatic carbocycles. The van der Waals surface area contributed by atoms with Gasteiger partial charge in [0.1, 0.15) is 0 Å². The molecule has 0 aliphatic heterocycles. The van der Waals surface area contributed by atoms with Crippen molar-refractivity contribution < 1.29 is 0 Å². The predicted molar refractivity (Wildman–Crippen MR) is 60.2 cm³/mol. The number of rotatable bonds is 1. The number of hydrogen-bond acceptors (Lipinski definition) is 2. The first kappa shape index (κ1) is 9.62. The lowest BCUT2D eigenvalue weighted by molar-refractivity contribution is 1.04. The molecule has 0 saturated heterocycles. The first-order valence-electron chi connectivity index (χ1n) is 4.01. The van der Waals surface area contributed by atoms with Crippen LogP contribution in [0, 0.1) is 0 Å². The molecule has 0 unspecified atom stereocenters. The average Bonchev–Trinajstić information content (AvgIpc) is 2.23. The van der Waals surface area contributed by atoms with E-state index in [0.29, 0.717) is 5.02 Å². The summed E-state index contributed by atoms with van der Waals surface area (Å²) >= 11 is 9.48. The van der Waals surface area contributed by atoms with Crippen molar-refractivity contribution in [1.29, 1.82) is 0 Å². The third-order valence-corrected chi connectivity index (χ3v) is 3.10. The highest BCUT2D eigenvalue weighted by Gasteiger charge is 2.06. The molecule has 0 amide bonds. The summed E-state index contributed by atoms with van der Waals surface area (Å²) in [6.07, 6.45) is 1.63. The fourth-order valence-corrected chi connectivity index (χ4v) is 1.74. The van der Waals surface area contributed by atoms with Gasteiger partial charge in [-0.25, -0.2) is 0 Å². The number of nitrogens with zero attached hydrogens (tertiary/aromatic N) is 2. The van der Waals surface area contributed by atoms with Crippen molar-refractivity contribution >= 4 is 27.5 Å². The molecule has 70 valence electrons. The number of halogens is 2. The molecule has 2 rings (SSSR count). The molecule has 1 aromatic carbocycles. The van der Waals surface area contributed by atoms with Gasteiger partial charge in [-0.3, -0.25) is 0 Å². The molecule has 2 nitrogen and oxygen atoms in total. The molecule has 0 fully saturated rings. The third kappa shape index (κ3) is 1.79. The van der Waals surface area contributed by atoms with Crippen molar-refractivity contribution in [2.24, 2.45) is 0 Å². The van der Waals surface area contributed by atoms with Gasteiger partial charge in [0.2, 0.25) is 0 Å². The van der Waals surface area contributed by atoms with E-state index in [2.05, 4.69) is 26.1 Å². The van der Waals surface area contributed by atoms with Gasteiger partial charge in [0.25, 0.3) is 0 Å². The van der Waals surface area contributed by atoms with Crippen molar-refractivity contribution in [2.75, 3.05) is 0 Å². The minimum Gasteiger partial charge on any atom is -0.159 e. The maximum atomic E-state index is 6.11. The molecule has 0 bridgehead atoms. The second-order valence-electron chi connectivity index (χ2n) is 2.71. The van der Waals surface area contributed by atoms with Crippen LogP contribution in [-0.4, -0.2) is 10.2 Å². The lowest BCUT2D eigenvalue weighted by Crippen LogP contribution is -1.86. The quantitative estimate of drug-likeness (QED) is 0.791. The molecular weight excluding hydrogens is 263 g/mol. The van der Waals surface area contributed by atoms with Gasteiger partial charge in [-0.2, -0.15) is 10.2 Å². The van der Waals surface area contributed by atoms with Crippen LogP contribution >= 0.6 is 27.5 Å². The second kappa shape index (κ2) is 4.07. The van der Waals surface area contributed by atoms with Crippen LogP contribution in [0.5, 0.6) is 0 Å². The molecule has 0 radical (unpaired) electrons. The van der Waals surface area contributed by atoms with Crippen LogP contribution in [-0.2, 0) is 0 Å². The van der Waals surface area contributed by atoms with Crippen LogP contribution in [0.3, 0.4) is 0 Å². The van der Waals surface area contributed by atoms with E-state index in [1.54, 1.807) is 6.20 Å². The molecule has 0 saturated carbocycles. The lowest BCUT2D eigenvalue weighted by Gasteiger charge is -2.03. The number of hydrogen-bond donors (Lipinski definition) is 0.